The monoisotopic (exact) mass is 517 g/mol. The Labute approximate surface area is 215 Å². The highest BCUT2D eigenvalue weighted by Gasteiger charge is 2.23. The van der Waals surface area contributed by atoms with Crippen molar-refractivity contribution >= 4 is 26.5 Å². The van der Waals surface area contributed by atoms with Crippen molar-refractivity contribution in [3.05, 3.63) is 98.3 Å². The van der Waals surface area contributed by atoms with Gasteiger partial charge in [-0.05, 0) is 35.1 Å². The number of nitrogens with one attached hydrogen (secondary N) is 2. The van der Waals surface area contributed by atoms with E-state index in [9.17, 15) is 18.0 Å². The van der Waals surface area contributed by atoms with E-state index in [1.807, 2.05) is 51.1 Å². The molecule has 0 radical (unpaired) electrons. The number of methoxy groups -OCH3 is 1. The van der Waals surface area contributed by atoms with Gasteiger partial charge in [-0.3, -0.25) is 19.1 Å². The van der Waals surface area contributed by atoms with Crippen LogP contribution in [0.25, 0.3) is 16.5 Å². The molecule has 0 aliphatic heterocycles. The van der Waals surface area contributed by atoms with Crippen molar-refractivity contribution in [3.63, 3.8) is 0 Å². The SMILES string of the molecule is COc1c(C#Cc2ccc(NS(C)(=O)=O)c3ccccc23)cc(-n2ccc(=O)[nH]c2=O)cc1C(C)(C)C. The molecule has 9 heteroatoms. The molecule has 0 amide bonds. The number of aromatic amines is 1. The van der Waals surface area contributed by atoms with Crippen LogP contribution < -0.4 is 20.7 Å². The molecular formula is C28H27N3O5S. The third-order valence-electron chi connectivity index (χ3n) is 5.74. The molecule has 1 aromatic heterocycles. The Hall–Kier alpha value is -4.29. The van der Waals surface area contributed by atoms with Gasteiger partial charge < -0.3 is 4.74 Å². The first kappa shape index (κ1) is 25.8. The van der Waals surface area contributed by atoms with Gasteiger partial charge in [-0.25, -0.2) is 13.2 Å². The highest BCUT2D eigenvalue weighted by Crippen LogP contribution is 2.36. The molecule has 0 atom stereocenters. The van der Waals surface area contributed by atoms with Crippen molar-refractivity contribution in [2.45, 2.75) is 26.2 Å². The predicted molar refractivity (Wildman–Crippen MR) is 146 cm³/mol. The summed E-state index contributed by atoms with van der Waals surface area (Å²) in [6.45, 7) is 6.09. The van der Waals surface area contributed by atoms with Gasteiger partial charge in [0.2, 0.25) is 10.0 Å². The van der Waals surface area contributed by atoms with Crippen LogP contribution in [-0.4, -0.2) is 31.3 Å². The van der Waals surface area contributed by atoms with Crippen LogP contribution in [-0.2, 0) is 15.4 Å². The van der Waals surface area contributed by atoms with Crippen molar-refractivity contribution in [1.82, 2.24) is 9.55 Å². The number of aromatic nitrogens is 2. The van der Waals surface area contributed by atoms with E-state index < -0.39 is 21.3 Å². The molecule has 0 saturated carbocycles. The van der Waals surface area contributed by atoms with E-state index in [0.717, 1.165) is 22.6 Å². The van der Waals surface area contributed by atoms with Crippen molar-refractivity contribution in [3.8, 4) is 23.3 Å². The van der Waals surface area contributed by atoms with Crippen LogP contribution in [0.4, 0.5) is 5.69 Å². The first-order chi connectivity index (χ1) is 17.4. The van der Waals surface area contributed by atoms with Gasteiger partial charge in [-0.15, -0.1) is 0 Å². The summed E-state index contributed by atoms with van der Waals surface area (Å²) >= 11 is 0. The summed E-state index contributed by atoms with van der Waals surface area (Å²) in [5, 5.41) is 1.50. The standard InChI is InChI=1S/C28H27N3O5S/c1-28(2,3)23-17-20(31-15-14-25(32)29-27(31)33)16-19(26(23)36-4)11-10-18-12-13-24(30-37(5,34)35)22-9-7-6-8-21(18)22/h6-9,12-17,30H,1-5H3,(H,29,32,33). The first-order valence-electron chi connectivity index (χ1n) is 11.4. The molecule has 0 aliphatic carbocycles. The van der Waals surface area contributed by atoms with Gasteiger partial charge in [-0.1, -0.05) is 56.9 Å². The zero-order chi connectivity index (χ0) is 27.0. The summed E-state index contributed by atoms with van der Waals surface area (Å²) in [5.41, 5.74) is 1.72. The molecule has 0 saturated heterocycles. The van der Waals surface area contributed by atoms with Crippen LogP contribution in [0, 0.1) is 11.8 Å². The van der Waals surface area contributed by atoms with Crippen LogP contribution in [0.3, 0.4) is 0 Å². The fourth-order valence-electron chi connectivity index (χ4n) is 4.07. The minimum atomic E-state index is -3.45. The van der Waals surface area contributed by atoms with E-state index in [0.29, 0.717) is 28.3 Å². The second-order valence-corrected chi connectivity index (χ2v) is 11.4. The van der Waals surface area contributed by atoms with Crippen LogP contribution in [0.5, 0.6) is 5.75 Å². The highest BCUT2D eigenvalue weighted by atomic mass is 32.2. The van der Waals surface area contributed by atoms with E-state index in [1.54, 1.807) is 25.3 Å². The van der Waals surface area contributed by atoms with Crippen LogP contribution in [0.15, 0.2) is 70.4 Å². The summed E-state index contributed by atoms with van der Waals surface area (Å²) < 4.78 is 33.3. The van der Waals surface area contributed by atoms with Crippen molar-refractivity contribution < 1.29 is 13.2 Å². The van der Waals surface area contributed by atoms with Crippen molar-refractivity contribution in [2.75, 3.05) is 18.1 Å². The maximum Gasteiger partial charge on any atom is 0.332 e. The Morgan fingerprint density at radius 3 is 2.24 bits per heavy atom. The molecule has 1 heterocycles. The number of hydrogen-bond acceptors (Lipinski definition) is 5. The quantitative estimate of drug-likeness (QED) is 0.401. The number of ether oxygens (including phenoxy) is 1. The second-order valence-electron chi connectivity index (χ2n) is 9.63. The van der Waals surface area contributed by atoms with Gasteiger partial charge in [-0.2, -0.15) is 0 Å². The lowest BCUT2D eigenvalue weighted by molar-refractivity contribution is 0.396. The van der Waals surface area contributed by atoms with E-state index in [1.165, 1.54) is 16.8 Å². The lowest BCUT2D eigenvalue weighted by Crippen LogP contribution is -2.28. The lowest BCUT2D eigenvalue weighted by Gasteiger charge is -2.24. The molecular weight excluding hydrogens is 490 g/mol. The van der Waals surface area contributed by atoms with Gasteiger partial charge in [0.15, 0.2) is 0 Å². The normalized spacial score (nSPS) is 11.6. The number of fused-ring (bicyclic) bond motifs is 1. The van der Waals surface area contributed by atoms with E-state index in [4.69, 9.17) is 4.74 Å². The molecule has 2 N–H and O–H groups in total. The summed E-state index contributed by atoms with van der Waals surface area (Å²) in [7, 11) is -1.88. The molecule has 0 aliphatic rings. The van der Waals surface area contributed by atoms with Crippen molar-refractivity contribution in [2.24, 2.45) is 0 Å². The number of nitrogens with zero attached hydrogens (tertiary/aromatic N) is 1. The van der Waals surface area contributed by atoms with Crippen molar-refractivity contribution in [1.29, 1.82) is 0 Å². The minimum absolute atomic E-state index is 0.338. The second kappa shape index (κ2) is 9.64. The summed E-state index contributed by atoms with van der Waals surface area (Å²) in [6.07, 6.45) is 2.53. The largest absolute Gasteiger partial charge is 0.495 e. The number of benzene rings is 3. The first-order valence-corrected chi connectivity index (χ1v) is 13.3. The average molecular weight is 518 g/mol. The number of hydrogen-bond donors (Lipinski definition) is 2. The number of anilines is 1. The third kappa shape index (κ3) is 5.60. The highest BCUT2D eigenvalue weighted by molar-refractivity contribution is 7.92. The molecule has 0 unspecified atom stereocenters. The minimum Gasteiger partial charge on any atom is -0.495 e. The van der Waals surface area contributed by atoms with Gasteiger partial charge in [0.05, 0.1) is 30.3 Å². The topological polar surface area (TPSA) is 110 Å². The maximum absolute atomic E-state index is 12.5. The van der Waals surface area contributed by atoms with Crippen LogP contribution in [0.1, 0.15) is 37.5 Å². The maximum atomic E-state index is 12.5. The fourth-order valence-corrected chi connectivity index (χ4v) is 4.65. The molecule has 0 spiro atoms. The molecule has 37 heavy (non-hydrogen) atoms. The van der Waals surface area contributed by atoms with E-state index in [2.05, 4.69) is 21.5 Å². The number of rotatable bonds is 4. The summed E-state index contributed by atoms with van der Waals surface area (Å²) in [6, 6.07) is 15.7. The van der Waals surface area contributed by atoms with E-state index >= 15 is 0 Å². The Morgan fingerprint density at radius 2 is 1.62 bits per heavy atom. The summed E-state index contributed by atoms with van der Waals surface area (Å²) in [4.78, 5) is 26.4. The Kier molecular flexibility index (Phi) is 6.72. The van der Waals surface area contributed by atoms with Crippen LogP contribution >= 0.6 is 0 Å². The Balaban J connectivity index is 1.94. The number of H-pyrrole nitrogens is 1. The molecule has 190 valence electrons. The molecule has 0 fully saturated rings. The average Bonchev–Trinajstić information content (AvgIpc) is 2.81. The Bertz CT molecular complexity index is 1800. The summed E-state index contributed by atoms with van der Waals surface area (Å²) in [5.74, 6) is 6.97. The predicted octanol–water partition coefficient (Wildman–Crippen LogP) is 3.76. The molecule has 0 bridgehead atoms. The molecule has 3 aromatic carbocycles. The van der Waals surface area contributed by atoms with Gasteiger partial charge in [0, 0.05) is 28.8 Å². The zero-order valence-electron chi connectivity index (χ0n) is 21.2. The smallest absolute Gasteiger partial charge is 0.332 e. The molecule has 4 rings (SSSR count). The van der Waals surface area contributed by atoms with Crippen LogP contribution in [0.2, 0.25) is 0 Å². The third-order valence-corrected chi connectivity index (χ3v) is 6.33. The van der Waals surface area contributed by atoms with E-state index in [-0.39, 0.29) is 5.41 Å². The van der Waals surface area contributed by atoms with Gasteiger partial charge >= 0.3 is 5.69 Å². The Morgan fingerprint density at radius 1 is 0.946 bits per heavy atom. The molecule has 8 nitrogen and oxygen atoms in total. The lowest BCUT2D eigenvalue weighted by atomic mass is 9.84. The van der Waals surface area contributed by atoms with Gasteiger partial charge in [0.1, 0.15) is 5.75 Å². The fraction of sp³-hybridized carbons (Fsp3) is 0.214. The number of sulfonamides is 1. The molecule has 4 aromatic rings. The zero-order valence-corrected chi connectivity index (χ0v) is 22.0. The van der Waals surface area contributed by atoms with Gasteiger partial charge in [0.25, 0.3) is 5.56 Å².